The van der Waals surface area contributed by atoms with Crippen LogP contribution in [0.25, 0.3) is 11.5 Å². The average molecular weight is 441 g/mol. The number of ether oxygens (including phenoxy) is 1. The molecule has 32 heavy (non-hydrogen) atoms. The van der Waals surface area contributed by atoms with Gasteiger partial charge < -0.3 is 19.7 Å². The number of phenols is 1. The largest absolute Gasteiger partial charge is 0.507 e. The van der Waals surface area contributed by atoms with Crippen molar-refractivity contribution in [3.8, 4) is 23.0 Å². The summed E-state index contributed by atoms with van der Waals surface area (Å²) in [6.45, 7) is -0.0912. The van der Waals surface area contributed by atoms with Gasteiger partial charge in [-0.25, -0.2) is 13.2 Å². The fourth-order valence-corrected chi connectivity index (χ4v) is 2.81. The van der Waals surface area contributed by atoms with Gasteiger partial charge in [-0.3, -0.25) is 4.79 Å². The number of benzene rings is 3. The van der Waals surface area contributed by atoms with Crippen molar-refractivity contribution in [2.75, 3.05) is 5.32 Å². The van der Waals surface area contributed by atoms with Gasteiger partial charge in [0.05, 0.1) is 5.56 Å². The van der Waals surface area contributed by atoms with Gasteiger partial charge in [-0.15, -0.1) is 0 Å². The third kappa shape index (κ3) is 4.86. The van der Waals surface area contributed by atoms with Crippen molar-refractivity contribution in [3.63, 3.8) is 0 Å². The molecular formula is C22H14F3N3O4. The van der Waals surface area contributed by atoms with Crippen LogP contribution in [-0.2, 0) is 6.61 Å². The second-order valence-electron chi connectivity index (χ2n) is 6.61. The molecule has 4 rings (SSSR count). The number of phenolic OH excluding ortho intramolecular Hbond substituents is 1. The molecule has 0 saturated heterocycles. The number of hydrogen-bond donors (Lipinski definition) is 2. The van der Waals surface area contributed by atoms with Crippen molar-refractivity contribution < 1.29 is 32.3 Å². The Morgan fingerprint density at radius 1 is 1.00 bits per heavy atom. The Balaban J connectivity index is 1.44. The van der Waals surface area contributed by atoms with Gasteiger partial charge in [0.1, 0.15) is 29.0 Å². The van der Waals surface area contributed by atoms with Crippen molar-refractivity contribution in [2.24, 2.45) is 0 Å². The van der Waals surface area contributed by atoms with Crippen LogP contribution in [0.1, 0.15) is 16.2 Å². The number of halogens is 3. The summed E-state index contributed by atoms with van der Waals surface area (Å²) in [5.41, 5.74) is 0.144. The first-order valence-electron chi connectivity index (χ1n) is 9.19. The molecule has 0 fully saturated rings. The van der Waals surface area contributed by atoms with E-state index < -0.39 is 23.4 Å². The van der Waals surface area contributed by atoms with Gasteiger partial charge in [0, 0.05) is 29.4 Å². The highest BCUT2D eigenvalue weighted by Crippen LogP contribution is 2.31. The first-order chi connectivity index (χ1) is 15.4. The van der Waals surface area contributed by atoms with Gasteiger partial charge >= 0.3 is 0 Å². The fourth-order valence-electron chi connectivity index (χ4n) is 2.81. The topological polar surface area (TPSA) is 97.5 Å². The Morgan fingerprint density at radius 3 is 2.50 bits per heavy atom. The van der Waals surface area contributed by atoms with Crippen LogP contribution in [0.3, 0.4) is 0 Å². The van der Waals surface area contributed by atoms with E-state index in [1.54, 1.807) is 6.07 Å². The van der Waals surface area contributed by atoms with Gasteiger partial charge in [-0.2, -0.15) is 4.98 Å². The lowest BCUT2D eigenvalue weighted by atomic mass is 10.1. The highest BCUT2D eigenvalue weighted by molar-refractivity contribution is 6.04. The average Bonchev–Trinajstić information content (AvgIpc) is 3.20. The predicted octanol–water partition coefficient (Wildman–Crippen LogP) is 4.69. The lowest BCUT2D eigenvalue weighted by Gasteiger charge is -2.07. The van der Waals surface area contributed by atoms with Crippen molar-refractivity contribution in [1.29, 1.82) is 0 Å². The zero-order chi connectivity index (χ0) is 22.7. The predicted molar refractivity (Wildman–Crippen MR) is 106 cm³/mol. The maximum atomic E-state index is 13.3. The lowest BCUT2D eigenvalue weighted by molar-refractivity contribution is 0.102. The Bertz CT molecular complexity index is 1270. The zero-order valence-electron chi connectivity index (χ0n) is 16.2. The Morgan fingerprint density at radius 2 is 1.78 bits per heavy atom. The van der Waals surface area contributed by atoms with E-state index in [-0.39, 0.29) is 46.6 Å². The summed E-state index contributed by atoms with van der Waals surface area (Å²) < 4.78 is 50.3. The summed E-state index contributed by atoms with van der Waals surface area (Å²) in [4.78, 5) is 16.3. The minimum absolute atomic E-state index is 0.00887. The molecule has 7 nitrogen and oxygen atoms in total. The number of amides is 1. The molecule has 1 heterocycles. The summed E-state index contributed by atoms with van der Waals surface area (Å²) in [6.07, 6.45) is 0. The number of aromatic hydroxyl groups is 1. The molecule has 3 aromatic carbocycles. The van der Waals surface area contributed by atoms with Crippen molar-refractivity contribution in [2.45, 2.75) is 6.61 Å². The first-order valence-corrected chi connectivity index (χ1v) is 9.19. The highest BCUT2D eigenvalue weighted by atomic mass is 19.1. The molecule has 0 bridgehead atoms. The van der Waals surface area contributed by atoms with Crippen LogP contribution in [0.4, 0.5) is 18.9 Å². The monoisotopic (exact) mass is 441 g/mol. The molecule has 162 valence electrons. The van der Waals surface area contributed by atoms with Gasteiger partial charge in [0.25, 0.3) is 11.8 Å². The van der Waals surface area contributed by atoms with Crippen LogP contribution in [0.15, 0.2) is 65.2 Å². The molecular weight excluding hydrogens is 427 g/mol. The van der Waals surface area contributed by atoms with E-state index in [2.05, 4.69) is 15.5 Å². The quantitative estimate of drug-likeness (QED) is 0.451. The van der Waals surface area contributed by atoms with Crippen LogP contribution in [-0.4, -0.2) is 21.2 Å². The van der Waals surface area contributed by atoms with Crippen LogP contribution in [0.2, 0.25) is 0 Å². The van der Waals surface area contributed by atoms with E-state index in [1.807, 2.05) is 0 Å². The van der Waals surface area contributed by atoms with Crippen LogP contribution < -0.4 is 10.1 Å². The van der Waals surface area contributed by atoms with Gasteiger partial charge in [0.2, 0.25) is 5.82 Å². The number of anilines is 1. The summed E-state index contributed by atoms with van der Waals surface area (Å²) in [5, 5.41) is 16.5. The molecule has 1 amide bonds. The summed E-state index contributed by atoms with van der Waals surface area (Å²) in [6, 6.07) is 12.1. The SMILES string of the molecule is O=C(Nc1ccc(-c2nc(COc3cccc(F)c3)no2)c(O)c1)c1cc(F)cc(F)c1. The minimum atomic E-state index is -0.887. The summed E-state index contributed by atoms with van der Waals surface area (Å²) in [5.74, 6) is -2.82. The van der Waals surface area contributed by atoms with E-state index in [1.165, 1.54) is 36.4 Å². The third-order valence-electron chi connectivity index (χ3n) is 4.24. The van der Waals surface area contributed by atoms with Crippen molar-refractivity contribution in [1.82, 2.24) is 10.1 Å². The van der Waals surface area contributed by atoms with Gasteiger partial charge in [0.15, 0.2) is 6.61 Å². The number of nitrogens with one attached hydrogen (secondary N) is 1. The zero-order valence-corrected chi connectivity index (χ0v) is 16.2. The molecule has 0 aliphatic rings. The molecule has 0 atom stereocenters. The molecule has 0 radical (unpaired) electrons. The number of aromatic nitrogens is 2. The lowest BCUT2D eigenvalue weighted by Crippen LogP contribution is -2.12. The Hall–Kier alpha value is -4.34. The van der Waals surface area contributed by atoms with Crippen LogP contribution in [0, 0.1) is 17.5 Å². The second kappa shape index (κ2) is 8.80. The smallest absolute Gasteiger partial charge is 0.261 e. The van der Waals surface area contributed by atoms with E-state index in [9.17, 15) is 23.1 Å². The molecule has 0 unspecified atom stereocenters. The second-order valence-corrected chi connectivity index (χ2v) is 6.61. The molecule has 2 N–H and O–H groups in total. The standard InChI is InChI=1S/C22H14F3N3O4/c23-13-2-1-3-17(9-13)31-11-20-27-22(32-28-20)18-5-4-16(10-19(18)29)26-21(30)12-6-14(24)8-15(25)7-12/h1-10,29H,11H2,(H,26,30). The number of hydrogen-bond acceptors (Lipinski definition) is 6. The van der Waals surface area contributed by atoms with E-state index in [0.29, 0.717) is 6.07 Å². The Labute approximate surface area is 179 Å². The molecule has 0 aliphatic heterocycles. The van der Waals surface area contributed by atoms with E-state index in [0.717, 1.165) is 12.1 Å². The summed E-state index contributed by atoms with van der Waals surface area (Å²) >= 11 is 0. The normalized spacial score (nSPS) is 10.7. The molecule has 10 heteroatoms. The van der Waals surface area contributed by atoms with Crippen molar-refractivity contribution >= 4 is 11.6 Å². The molecule has 0 spiro atoms. The fraction of sp³-hybridized carbons (Fsp3) is 0.0455. The molecule has 0 aliphatic carbocycles. The first kappa shape index (κ1) is 20.9. The van der Waals surface area contributed by atoms with Gasteiger partial charge in [-0.05, 0) is 36.4 Å². The van der Waals surface area contributed by atoms with E-state index >= 15 is 0 Å². The van der Waals surface area contributed by atoms with Crippen LogP contribution >= 0.6 is 0 Å². The molecule has 4 aromatic rings. The summed E-state index contributed by atoms with van der Waals surface area (Å²) in [7, 11) is 0. The third-order valence-corrected chi connectivity index (χ3v) is 4.24. The number of carbonyl (C=O) groups is 1. The number of carbonyl (C=O) groups excluding carboxylic acids is 1. The maximum Gasteiger partial charge on any atom is 0.261 e. The van der Waals surface area contributed by atoms with E-state index in [4.69, 9.17) is 9.26 Å². The van der Waals surface area contributed by atoms with Gasteiger partial charge in [-0.1, -0.05) is 11.2 Å². The van der Waals surface area contributed by atoms with Crippen molar-refractivity contribution in [3.05, 3.63) is 89.5 Å². The Kier molecular flexibility index (Phi) is 5.75. The molecule has 1 aromatic heterocycles. The molecule has 0 saturated carbocycles. The number of rotatable bonds is 6. The van der Waals surface area contributed by atoms with Crippen LogP contribution in [0.5, 0.6) is 11.5 Å². The highest BCUT2D eigenvalue weighted by Gasteiger charge is 2.16. The maximum absolute atomic E-state index is 13.3. The number of nitrogens with zero attached hydrogens (tertiary/aromatic N) is 2. The minimum Gasteiger partial charge on any atom is -0.507 e.